The van der Waals surface area contributed by atoms with Gasteiger partial charge < -0.3 is 11.1 Å². The maximum atomic E-state index is 14.2. The van der Waals surface area contributed by atoms with E-state index in [1.165, 1.54) is 17.7 Å². The number of halogens is 1. The zero-order valence-corrected chi connectivity index (χ0v) is 17.5. The van der Waals surface area contributed by atoms with Crippen molar-refractivity contribution < 1.29 is 4.39 Å². The third-order valence-corrected chi connectivity index (χ3v) is 5.30. The van der Waals surface area contributed by atoms with E-state index in [0.717, 1.165) is 33.5 Å². The van der Waals surface area contributed by atoms with Crippen LogP contribution < -0.4 is 11.1 Å². The first-order valence-electron chi connectivity index (χ1n) is 10.1. The van der Waals surface area contributed by atoms with E-state index in [-0.39, 0.29) is 18.3 Å². The number of aryl methyl sites for hydroxylation is 1. The molecule has 154 valence electrons. The number of nitrogens with two attached hydrogens (primary N) is 1. The maximum absolute atomic E-state index is 14.2. The van der Waals surface area contributed by atoms with Gasteiger partial charge in [-0.05, 0) is 42.2 Å². The summed E-state index contributed by atoms with van der Waals surface area (Å²) in [4.78, 5) is 9.45. The molecule has 4 rings (SSSR count). The number of nitrogens with one attached hydrogen (secondary N) is 1. The highest BCUT2D eigenvalue weighted by Crippen LogP contribution is 2.29. The van der Waals surface area contributed by atoms with Gasteiger partial charge in [0.2, 0.25) is 5.95 Å². The molecule has 0 atom stereocenters. The van der Waals surface area contributed by atoms with Gasteiger partial charge in [0.15, 0.2) is 0 Å². The minimum atomic E-state index is -0.316. The SMILES string of the molecule is Cc1cc2c(CN)cc(F)cc2n1-c1ncc(C(C)C)c(NCc2ccccc2)n1. The Hall–Kier alpha value is -3.25. The molecule has 0 saturated heterocycles. The van der Waals surface area contributed by atoms with E-state index in [2.05, 4.69) is 36.3 Å². The van der Waals surface area contributed by atoms with Crippen molar-refractivity contribution >= 4 is 16.7 Å². The van der Waals surface area contributed by atoms with Gasteiger partial charge in [0.1, 0.15) is 11.6 Å². The van der Waals surface area contributed by atoms with E-state index in [0.29, 0.717) is 12.5 Å². The molecule has 5 nitrogen and oxygen atoms in total. The van der Waals surface area contributed by atoms with Crippen LogP contribution in [0.5, 0.6) is 0 Å². The van der Waals surface area contributed by atoms with Gasteiger partial charge in [-0.15, -0.1) is 0 Å². The average molecular weight is 404 g/mol. The molecule has 0 spiro atoms. The molecule has 6 heteroatoms. The first-order chi connectivity index (χ1) is 14.5. The van der Waals surface area contributed by atoms with Crippen molar-refractivity contribution in [1.29, 1.82) is 0 Å². The summed E-state index contributed by atoms with van der Waals surface area (Å²) in [6.45, 7) is 7.13. The van der Waals surface area contributed by atoms with Gasteiger partial charge in [0.05, 0.1) is 5.52 Å². The van der Waals surface area contributed by atoms with Crippen molar-refractivity contribution in [3.05, 3.63) is 82.9 Å². The summed E-state index contributed by atoms with van der Waals surface area (Å²) in [7, 11) is 0. The monoisotopic (exact) mass is 403 g/mol. The summed E-state index contributed by atoms with van der Waals surface area (Å²) < 4.78 is 16.1. The highest BCUT2D eigenvalue weighted by Gasteiger charge is 2.17. The minimum Gasteiger partial charge on any atom is -0.366 e. The molecule has 0 radical (unpaired) electrons. The summed E-state index contributed by atoms with van der Waals surface area (Å²) in [6, 6.07) is 15.2. The molecule has 0 amide bonds. The third-order valence-electron chi connectivity index (χ3n) is 5.30. The van der Waals surface area contributed by atoms with Gasteiger partial charge in [-0.1, -0.05) is 44.2 Å². The fraction of sp³-hybridized carbons (Fsp3) is 0.250. The number of rotatable bonds is 6. The van der Waals surface area contributed by atoms with Crippen LogP contribution in [0.25, 0.3) is 16.9 Å². The fourth-order valence-corrected chi connectivity index (χ4v) is 3.74. The lowest BCUT2D eigenvalue weighted by atomic mass is 10.1. The van der Waals surface area contributed by atoms with Crippen LogP contribution in [0.1, 0.15) is 42.1 Å². The van der Waals surface area contributed by atoms with Crippen LogP contribution in [0.4, 0.5) is 10.2 Å². The van der Waals surface area contributed by atoms with E-state index in [4.69, 9.17) is 10.7 Å². The lowest BCUT2D eigenvalue weighted by Crippen LogP contribution is -2.11. The van der Waals surface area contributed by atoms with E-state index in [1.807, 2.05) is 42.0 Å². The molecule has 0 aliphatic heterocycles. The quantitative estimate of drug-likeness (QED) is 0.472. The number of hydrogen-bond donors (Lipinski definition) is 2. The molecule has 3 N–H and O–H groups in total. The van der Waals surface area contributed by atoms with Crippen LogP contribution in [-0.2, 0) is 13.1 Å². The van der Waals surface area contributed by atoms with E-state index < -0.39 is 0 Å². The number of anilines is 1. The van der Waals surface area contributed by atoms with Crippen molar-refractivity contribution in [2.45, 2.75) is 39.8 Å². The van der Waals surface area contributed by atoms with E-state index in [1.54, 1.807) is 0 Å². The van der Waals surface area contributed by atoms with Crippen LogP contribution in [0.2, 0.25) is 0 Å². The Morgan fingerprint density at radius 3 is 2.60 bits per heavy atom. The Morgan fingerprint density at radius 1 is 1.13 bits per heavy atom. The number of fused-ring (bicyclic) bond motifs is 1. The molecule has 0 bridgehead atoms. The molecule has 2 aromatic carbocycles. The van der Waals surface area contributed by atoms with Gasteiger partial charge in [-0.2, -0.15) is 4.98 Å². The second-order valence-electron chi connectivity index (χ2n) is 7.79. The van der Waals surface area contributed by atoms with Crippen molar-refractivity contribution in [3.8, 4) is 5.95 Å². The fourth-order valence-electron chi connectivity index (χ4n) is 3.74. The zero-order valence-electron chi connectivity index (χ0n) is 17.5. The average Bonchev–Trinajstić information content (AvgIpc) is 3.07. The number of aromatic nitrogens is 3. The van der Waals surface area contributed by atoms with Gasteiger partial charge in [0.25, 0.3) is 0 Å². The van der Waals surface area contributed by atoms with Gasteiger partial charge in [-0.25, -0.2) is 9.37 Å². The van der Waals surface area contributed by atoms with Crippen molar-refractivity contribution in [2.75, 3.05) is 5.32 Å². The zero-order chi connectivity index (χ0) is 21.3. The second-order valence-corrected chi connectivity index (χ2v) is 7.79. The first kappa shape index (κ1) is 20.0. The molecule has 0 unspecified atom stereocenters. The van der Waals surface area contributed by atoms with E-state index in [9.17, 15) is 4.39 Å². The minimum absolute atomic E-state index is 0.265. The summed E-state index contributed by atoms with van der Waals surface area (Å²) in [5.41, 5.74) is 10.5. The van der Waals surface area contributed by atoms with Gasteiger partial charge >= 0.3 is 0 Å². The lowest BCUT2D eigenvalue weighted by Gasteiger charge is -2.16. The first-order valence-corrected chi connectivity index (χ1v) is 10.1. The number of benzene rings is 2. The maximum Gasteiger partial charge on any atom is 0.236 e. The van der Waals surface area contributed by atoms with Crippen LogP contribution in [0, 0.1) is 12.7 Å². The molecular formula is C24H26FN5. The van der Waals surface area contributed by atoms with Crippen molar-refractivity contribution in [3.63, 3.8) is 0 Å². The normalized spacial score (nSPS) is 11.4. The van der Waals surface area contributed by atoms with Gasteiger partial charge in [-0.3, -0.25) is 4.57 Å². The Balaban J connectivity index is 1.80. The van der Waals surface area contributed by atoms with E-state index >= 15 is 0 Å². The van der Waals surface area contributed by atoms with Crippen LogP contribution in [0.3, 0.4) is 0 Å². The second kappa shape index (κ2) is 8.24. The molecule has 0 aliphatic carbocycles. The van der Waals surface area contributed by atoms with Crippen LogP contribution in [0.15, 0.2) is 54.7 Å². The Kier molecular flexibility index (Phi) is 5.50. The van der Waals surface area contributed by atoms with Gasteiger partial charge in [0, 0.05) is 35.9 Å². The predicted octanol–water partition coefficient (Wildman–Crippen LogP) is 5.06. The molecular weight excluding hydrogens is 377 g/mol. The van der Waals surface area contributed by atoms with Crippen LogP contribution in [-0.4, -0.2) is 14.5 Å². The predicted molar refractivity (Wildman–Crippen MR) is 119 cm³/mol. The summed E-state index contributed by atoms with van der Waals surface area (Å²) in [6.07, 6.45) is 1.86. The Bertz CT molecular complexity index is 1180. The lowest BCUT2D eigenvalue weighted by molar-refractivity contribution is 0.627. The Labute approximate surface area is 175 Å². The Morgan fingerprint density at radius 2 is 1.90 bits per heavy atom. The van der Waals surface area contributed by atoms with Crippen molar-refractivity contribution in [2.24, 2.45) is 5.73 Å². The summed E-state index contributed by atoms with van der Waals surface area (Å²) in [5, 5.41) is 4.38. The molecule has 2 aromatic heterocycles. The molecule has 0 fully saturated rings. The smallest absolute Gasteiger partial charge is 0.236 e. The molecule has 2 heterocycles. The number of hydrogen-bond acceptors (Lipinski definition) is 4. The molecule has 30 heavy (non-hydrogen) atoms. The standard InChI is InChI=1S/C24H26FN5/c1-15(2)21-14-28-24(29-23(21)27-13-17-7-5-4-6-8-17)30-16(3)9-20-18(12-26)10-19(25)11-22(20)30/h4-11,14-15H,12-13,26H2,1-3H3,(H,27,28,29). The summed E-state index contributed by atoms with van der Waals surface area (Å²) in [5.74, 6) is 1.25. The molecule has 0 saturated carbocycles. The van der Waals surface area contributed by atoms with Crippen LogP contribution >= 0.6 is 0 Å². The topological polar surface area (TPSA) is 68.8 Å². The largest absolute Gasteiger partial charge is 0.366 e. The summed E-state index contributed by atoms with van der Waals surface area (Å²) >= 11 is 0. The highest BCUT2D eigenvalue weighted by molar-refractivity contribution is 5.86. The van der Waals surface area contributed by atoms with Crippen molar-refractivity contribution in [1.82, 2.24) is 14.5 Å². The molecule has 4 aromatic rings. The third kappa shape index (κ3) is 3.78. The molecule has 0 aliphatic rings. The highest BCUT2D eigenvalue weighted by atomic mass is 19.1. The number of nitrogens with zero attached hydrogens (tertiary/aromatic N) is 3.